The predicted molar refractivity (Wildman–Crippen MR) is 97.1 cm³/mol. The number of carbonyl (C=O) groups excluding carboxylic acids is 3. The summed E-state index contributed by atoms with van der Waals surface area (Å²) in [6.45, 7) is 4.44. The number of imide groups is 1. The molecule has 2 N–H and O–H groups in total. The molecule has 2 aromatic carbocycles. The summed E-state index contributed by atoms with van der Waals surface area (Å²) >= 11 is 0. The van der Waals surface area contributed by atoms with E-state index in [1.165, 1.54) is 17.7 Å². The lowest BCUT2D eigenvalue weighted by molar-refractivity contribution is 0.0878. The van der Waals surface area contributed by atoms with E-state index in [-0.39, 0.29) is 22.9 Å². The van der Waals surface area contributed by atoms with E-state index in [1.54, 1.807) is 6.07 Å². The molecule has 0 bridgehead atoms. The average Bonchev–Trinajstić information content (AvgIpc) is 2.91. The Bertz CT molecular complexity index is 946. The molecular formula is C21H20N2O3. The number of rotatable bonds is 2. The van der Waals surface area contributed by atoms with Crippen LogP contribution in [0.4, 0.5) is 0 Å². The maximum absolute atomic E-state index is 12.7. The van der Waals surface area contributed by atoms with Gasteiger partial charge in [0.05, 0.1) is 17.2 Å². The molecule has 1 unspecified atom stereocenters. The van der Waals surface area contributed by atoms with Crippen LogP contribution >= 0.6 is 0 Å². The van der Waals surface area contributed by atoms with Gasteiger partial charge in [-0.1, -0.05) is 38.1 Å². The lowest BCUT2D eigenvalue weighted by Gasteiger charge is -2.37. The Balaban J connectivity index is 1.61. The van der Waals surface area contributed by atoms with Crippen LogP contribution in [0.25, 0.3) is 0 Å². The Kier molecular flexibility index (Phi) is 3.68. The van der Waals surface area contributed by atoms with Gasteiger partial charge in [0.15, 0.2) is 0 Å². The van der Waals surface area contributed by atoms with Crippen molar-refractivity contribution in [2.75, 3.05) is 0 Å². The number of hydrogen-bond acceptors (Lipinski definition) is 3. The number of benzene rings is 2. The number of nitrogens with one attached hydrogen (secondary N) is 2. The van der Waals surface area contributed by atoms with E-state index in [2.05, 4.69) is 36.6 Å². The molecule has 132 valence electrons. The fourth-order valence-corrected chi connectivity index (χ4v) is 3.91. The summed E-state index contributed by atoms with van der Waals surface area (Å²) in [5.74, 6) is -1.11. The first-order valence-corrected chi connectivity index (χ1v) is 8.77. The number of fused-ring (bicyclic) bond motifs is 2. The Hall–Kier alpha value is -2.95. The zero-order valence-electron chi connectivity index (χ0n) is 14.8. The summed E-state index contributed by atoms with van der Waals surface area (Å²) < 4.78 is 0. The molecule has 2 aromatic rings. The van der Waals surface area contributed by atoms with Crippen LogP contribution in [0.15, 0.2) is 42.5 Å². The van der Waals surface area contributed by atoms with Crippen LogP contribution in [0.2, 0.25) is 0 Å². The van der Waals surface area contributed by atoms with Crippen LogP contribution in [-0.2, 0) is 5.41 Å². The molecule has 5 nitrogen and oxygen atoms in total. The summed E-state index contributed by atoms with van der Waals surface area (Å²) in [6, 6.07) is 12.8. The molecule has 0 saturated heterocycles. The van der Waals surface area contributed by atoms with Crippen LogP contribution in [-0.4, -0.2) is 17.7 Å². The van der Waals surface area contributed by atoms with Crippen molar-refractivity contribution in [3.05, 3.63) is 70.3 Å². The van der Waals surface area contributed by atoms with E-state index < -0.39 is 11.8 Å². The van der Waals surface area contributed by atoms with Gasteiger partial charge in [-0.2, -0.15) is 0 Å². The van der Waals surface area contributed by atoms with Crippen molar-refractivity contribution in [3.63, 3.8) is 0 Å². The van der Waals surface area contributed by atoms with Crippen molar-refractivity contribution in [2.24, 2.45) is 0 Å². The molecule has 4 rings (SSSR count). The molecule has 0 saturated carbocycles. The molecule has 26 heavy (non-hydrogen) atoms. The summed E-state index contributed by atoms with van der Waals surface area (Å²) in [7, 11) is 0. The topological polar surface area (TPSA) is 75.3 Å². The van der Waals surface area contributed by atoms with E-state index in [0.29, 0.717) is 11.1 Å². The molecule has 0 aromatic heterocycles. The summed E-state index contributed by atoms with van der Waals surface area (Å²) in [4.78, 5) is 36.2. The highest BCUT2D eigenvalue weighted by Crippen LogP contribution is 2.41. The quantitative estimate of drug-likeness (QED) is 0.819. The van der Waals surface area contributed by atoms with Crippen molar-refractivity contribution in [3.8, 4) is 0 Å². The van der Waals surface area contributed by atoms with Crippen molar-refractivity contribution in [1.82, 2.24) is 10.6 Å². The second-order valence-corrected chi connectivity index (χ2v) is 7.58. The maximum atomic E-state index is 12.7. The van der Waals surface area contributed by atoms with Crippen LogP contribution in [0.3, 0.4) is 0 Å². The zero-order valence-corrected chi connectivity index (χ0v) is 14.8. The van der Waals surface area contributed by atoms with Crippen molar-refractivity contribution < 1.29 is 14.4 Å². The van der Waals surface area contributed by atoms with Gasteiger partial charge in [0.1, 0.15) is 0 Å². The standard InChI is InChI=1S/C21H20N2O3/c1-21(2)10-9-17(14-5-3-4-6-16(14)21)22-18(24)12-7-8-13-15(11-12)20(26)23-19(13)25/h3-8,11,17H,9-10H2,1-2H3,(H,22,24)(H,23,25,26). The number of amides is 3. The van der Waals surface area contributed by atoms with Crippen LogP contribution in [0, 0.1) is 0 Å². The maximum Gasteiger partial charge on any atom is 0.258 e. The first-order valence-electron chi connectivity index (χ1n) is 8.77. The average molecular weight is 348 g/mol. The minimum Gasteiger partial charge on any atom is -0.345 e. The fourth-order valence-electron chi connectivity index (χ4n) is 3.91. The van der Waals surface area contributed by atoms with Gasteiger partial charge in [-0.3, -0.25) is 19.7 Å². The first-order chi connectivity index (χ1) is 12.4. The molecule has 3 amide bonds. The number of carbonyl (C=O) groups is 3. The molecule has 0 radical (unpaired) electrons. The molecule has 5 heteroatoms. The largest absolute Gasteiger partial charge is 0.345 e. The van der Waals surface area contributed by atoms with Gasteiger partial charge >= 0.3 is 0 Å². The molecule has 1 atom stereocenters. The molecule has 0 fully saturated rings. The van der Waals surface area contributed by atoms with E-state index in [9.17, 15) is 14.4 Å². The minimum absolute atomic E-state index is 0.0598. The predicted octanol–water partition coefficient (Wildman–Crippen LogP) is 3.11. The molecule has 1 aliphatic carbocycles. The van der Waals surface area contributed by atoms with Gasteiger partial charge in [-0.25, -0.2) is 0 Å². The third kappa shape index (κ3) is 2.60. The molecule has 0 spiro atoms. The Morgan fingerprint density at radius 1 is 1.08 bits per heavy atom. The molecular weight excluding hydrogens is 328 g/mol. The third-order valence-corrected chi connectivity index (χ3v) is 5.43. The van der Waals surface area contributed by atoms with E-state index in [1.807, 2.05) is 12.1 Å². The van der Waals surface area contributed by atoms with Gasteiger partial charge in [0, 0.05) is 5.56 Å². The van der Waals surface area contributed by atoms with E-state index >= 15 is 0 Å². The highest BCUT2D eigenvalue weighted by Gasteiger charge is 2.33. The van der Waals surface area contributed by atoms with E-state index in [4.69, 9.17) is 0 Å². The molecule has 1 aliphatic heterocycles. The lowest BCUT2D eigenvalue weighted by atomic mass is 9.71. The van der Waals surface area contributed by atoms with Crippen LogP contribution in [0.5, 0.6) is 0 Å². The third-order valence-electron chi connectivity index (χ3n) is 5.43. The Morgan fingerprint density at radius 3 is 2.62 bits per heavy atom. The van der Waals surface area contributed by atoms with Gasteiger partial charge < -0.3 is 5.32 Å². The second kappa shape index (κ2) is 5.80. The van der Waals surface area contributed by atoms with Gasteiger partial charge in [0.25, 0.3) is 17.7 Å². The summed E-state index contributed by atoms with van der Waals surface area (Å²) in [5.41, 5.74) is 3.45. The second-order valence-electron chi connectivity index (χ2n) is 7.58. The Labute approximate surface area is 151 Å². The smallest absolute Gasteiger partial charge is 0.258 e. The fraction of sp³-hybridized carbons (Fsp3) is 0.286. The van der Waals surface area contributed by atoms with Gasteiger partial charge in [-0.15, -0.1) is 0 Å². The zero-order chi connectivity index (χ0) is 18.5. The highest BCUT2D eigenvalue weighted by atomic mass is 16.2. The minimum atomic E-state index is -0.454. The van der Waals surface area contributed by atoms with E-state index in [0.717, 1.165) is 18.4 Å². The van der Waals surface area contributed by atoms with Crippen molar-refractivity contribution in [1.29, 1.82) is 0 Å². The highest BCUT2D eigenvalue weighted by molar-refractivity contribution is 6.22. The van der Waals surface area contributed by atoms with Gasteiger partial charge in [0.2, 0.25) is 0 Å². The summed E-state index contributed by atoms with van der Waals surface area (Å²) in [5, 5.41) is 5.33. The first kappa shape index (κ1) is 16.5. The van der Waals surface area contributed by atoms with Gasteiger partial charge in [-0.05, 0) is 47.6 Å². The molecule has 1 heterocycles. The number of hydrogen-bond donors (Lipinski definition) is 2. The van der Waals surface area contributed by atoms with Crippen LogP contribution < -0.4 is 10.6 Å². The SMILES string of the molecule is CC1(C)CCC(NC(=O)c2ccc3c(c2)C(=O)NC3=O)c2ccccc21. The monoisotopic (exact) mass is 348 g/mol. The van der Waals surface area contributed by atoms with Crippen molar-refractivity contribution >= 4 is 17.7 Å². The lowest BCUT2D eigenvalue weighted by Crippen LogP contribution is -2.35. The van der Waals surface area contributed by atoms with Crippen molar-refractivity contribution in [2.45, 2.75) is 38.1 Å². The summed E-state index contributed by atoms with van der Waals surface area (Å²) in [6.07, 6.45) is 1.84. The van der Waals surface area contributed by atoms with Crippen LogP contribution in [0.1, 0.15) is 74.9 Å². The molecule has 2 aliphatic rings. The normalized spacial score (nSPS) is 20.2. The Morgan fingerprint density at radius 2 is 1.81 bits per heavy atom.